The predicted molar refractivity (Wildman–Crippen MR) is 76.4 cm³/mol. The van der Waals surface area contributed by atoms with Gasteiger partial charge < -0.3 is 15.0 Å². The van der Waals surface area contributed by atoms with Gasteiger partial charge in [0.1, 0.15) is 5.82 Å². The number of halogens is 1. The van der Waals surface area contributed by atoms with Crippen molar-refractivity contribution in [3.8, 4) is 0 Å². The Morgan fingerprint density at radius 1 is 1.29 bits per heavy atom. The van der Waals surface area contributed by atoms with Crippen LogP contribution in [0.5, 0.6) is 0 Å². The van der Waals surface area contributed by atoms with Crippen LogP contribution in [0.15, 0.2) is 18.2 Å². The van der Waals surface area contributed by atoms with Crippen molar-refractivity contribution in [3.05, 3.63) is 29.6 Å². The zero-order chi connectivity index (χ0) is 15.2. The van der Waals surface area contributed by atoms with Crippen LogP contribution in [0.1, 0.15) is 18.4 Å². The van der Waals surface area contributed by atoms with E-state index in [1.807, 2.05) is 6.92 Å². The number of rotatable bonds is 4. The molecule has 0 radical (unpaired) electrons. The smallest absolute Gasteiger partial charge is 0.224 e. The maximum atomic E-state index is 13.5. The van der Waals surface area contributed by atoms with Gasteiger partial charge >= 0.3 is 0 Å². The number of carbonyl (C=O) groups excluding carboxylic acids is 2. The monoisotopic (exact) mass is 294 g/mol. The summed E-state index contributed by atoms with van der Waals surface area (Å²) >= 11 is 0. The summed E-state index contributed by atoms with van der Waals surface area (Å²) in [4.78, 5) is 25.4. The minimum absolute atomic E-state index is 0.0452. The minimum atomic E-state index is -0.478. The highest BCUT2D eigenvalue weighted by atomic mass is 19.1. The molecule has 5 nitrogen and oxygen atoms in total. The molecule has 1 aliphatic rings. The van der Waals surface area contributed by atoms with Crippen LogP contribution >= 0.6 is 0 Å². The third kappa shape index (κ3) is 4.53. The molecule has 0 unspecified atom stereocenters. The largest absolute Gasteiger partial charge is 0.378 e. The summed E-state index contributed by atoms with van der Waals surface area (Å²) in [5.41, 5.74) is 1.01. The first kappa shape index (κ1) is 15.4. The van der Waals surface area contributed by atoms with E-state index in [0.29, 0.717) is 26.3 Å². The number of hydrogen-bond donors (Lipinski definition) is 1. The van der Waals surface area contributed by atoms with Crippen LogP contribution in [0.2, 0.25) is 0 Å². The van der Waals surface area contributed by atoms with Crippen LogP contribution in [-0.4, -0.2) is 43.0 Å². The number of nitrogens with zero attached hydrogens (tertiary/aromatic N) is 1. The normalized spacial score (nSPS) is 14.9. The van der Waals surface area contributed by atoms with Crippen molar-refractivity contribution in [2.45, 2.75) is 19.8 Å². The van der Waals surface area contributed by atoms with Gasteiger partial charge in [0.05, 0.1) is 18.9 Å². The first-order chi connectivity index (χ1) is 10.1. The average Bonchev–Trinajstić information content (AvgIpc) is 2.49. The van der Waals surface area contributed by atoms with Gasteiger partial charge in [-0.3, -0.25) is 9.59 Å². The summed E-state index contributed by atoms with van der Waals surface area (Å²) in [7, 11) is 0. The van der Waals surface area contributed by atoms with Gasteiger partial charge in [0.25, 0.3) is 0 Å². The Morgan fingerprint density at radius 2 is 2.00 bits per heavy atom. The van der Waals surface area contributed by atoms with Crippen LogP contribution in [0.3, 0.4) is 0 Å². The lowest BCUT2D eigenvalue weighted by Crippen LogP contribution is -2.40. The lowest BCUT2D eigenvalue weighted by Gasteiger charge is -2.26. The van der Waals surface area contributed by atoms with Gasteiger partial charge in [0.2, 0.25) is 11.8 Å². The first-order valence-electron chi connectivity index (χ1n) is 6.98. The van der Waals surface area contributed by atoms with E-state index in [9.17, 15) is 14.0 Å². The summed E-state index contributed by atoms with van der Waals surface area (Å²) < 4.78 is 18.7. The lowest BCUT2D eigenvalue weighted by molar-refractivity contribution is -0.136. The average molecular weight is 294 g/mol. The van der Waals surface area contributed by atoms with Gasteiger partial charge in [-0.15, -0.1) is 0 Å². The number of nitrogens with one attached hydrogen (secondary N) is 1. The molecule has 1 heterocycles. The van der Waals surface area contributed by atoms with Gasteiger partial charge in [0, 0.05) is 25.9 Å². The van der Waals surface area contributed by atoms with Gasteiger partial charge in [-0.05, 0) is 24.6 Å². The number of hydrogen-bond acceptors (Lipinski definition) is 3. The lowest BCUT2D eigenvalue weighted by atomic mass is 10.2. The SMILES string of the molecule is Cc1ccc(F)c(NC(=O)CCC(=O)N2CCOCC2)c1. The van der Waals surface area contributed by atoms with E-state index in [2.05, 4.69) is 5.32 Å². The second-order valence-electron chi connectivity index (χ2n) is 5.02. The Bertz CT molecular complexity index is 528. The van der Waals surface area contributed by atoms with Gasteiger partial charge in [-0.1, -0.05) is 6.07 Å². The molecule has 1 saturated heterocycles. The van der Waals surface area contributed by atoms with Crippen LogP contribution in [0.4, 0.5) is 10.1 Å². The summed E-state index contributed by atoms with van der Waals surface area (Å²) in [5, 5.41) is 2.50. The maximum Gasteiger partial charge on any atom is 0.224 e. The highest BCUT2D eigenvalue weighted by Gasteiger charge is 2.18. The Kier molecular flexibility index (Phi) is 5.27. The van der Waals surface area contributed by atoms with Crippen LogP contribution in [0.25, 0.3) is 0 Å². The summed E-state index contributed by atoms with van der Waals surface area (Å²) in [6.45, 7) is 4.01. The topological polar surface area (TPSA) is 58.6 Å². The molecule has 1 N–H and O–H groups in total. The molecule has 1 fully saturated rings. The van der Waals surface area contributed by atoms with Gasteiger partial charge in [-0.25, -0.2) is 4.39 Å². The molecule has 1 aromatic carbocycles. The van der Waals surface area contributed by atoms with Gasteiger partial charge in [-0.2, -0.15) is 0 Å². The van der Waals surface area contributed by atoms with Crippen molar-refractivity contribution in [1.82, 2.24) is 4.90 Å². The molecule has 21 heavy (non-hydrogen) atoms. The molecule has 2 rings (SSSR count). The Balaban J connectivity index is 1.81. The molecule has 0 aromatic heterocycles. The van der Waals surface area contributed by atoms with E-state index in [1.54, 1.807) is 17.0 Å². The molecule has 114 valence electrons. The molecule has 0 aliphatic carbocycles. The number of anilines is 1. The quantitative estimate of drug-likeness (QED) is 0.919. The highest BCUT2D eigenvalue weighted by Crippen LogP contribution is 2.16. The zero-order valence-corrected chi connectivity index (χ0v) is 12.0. The van der Waals surface area contributed by atoms with Crippen LogP contribution < -0.4 is 5.32 Å². The van der Waals surface area contributed by atoms with E-state index < -0.39 is 5.82 Å². The van der Waals surface area contributed by atoms with Crippen LogP contribution in [0, 0.1) is 12.7 Å². The summed E-state index contributed by atoms with van der Waals surface area (Å²) in [6, 6.07) is 4.51. The molecule has 0 bridgehead atoms. The fraction of sp³-hybridized carbons (Fsp3) is 0.467. The van der Waals surface area contributed by atoms with Crippen LogP contribution in [-0.2, 0) is 14.3 Å². The number of ether oxygens (including phenoxy) is 1. The molecule has 2 amide bonds. The fourth-order valence-corrected chi connectivity index (χ4v) is 2.14. The van der Waals surface area contributed by atoms with Crippen molar-refractivity contribution >= 4 is 17.5 Å². The Morgan fingerprint density at radius 3 is 2.71 bits per heavy atom. The number of amides is 2. The van der Waals surface area contributed by atoms with Crippen molar-refractivity contribution in [3.63, 3.8) is 0 Å². The molecular formula is C15H19FN2O3. The summed E-state index contributed by atoms with van der Waals surface area (Å²) in [6.07, 6.45) is 0.169. The van der Waals surface area contributed by atoms with Crippen molar-refractivity contribution < 1.29 is 18.7 Å². The maximum absolute atomic E-state index is 13.5. The second-order valence-corrected chi connectivity index (χ2v) is 5.02. The Labute approximate surface area is 123 Å². The molecule has 0 atom stereocenters. The second kappa shape index (κ2) is 7.17. The third-order valence-corrected chi connectivity index (χ3v) is 3.33. The number of carbonyl (C=O) groups is 2. The summed E-state index contributed by atoms with van der Waals surface area (Å²) in [5.74, 6) is -0.910. The third-order valence-electron chi connectivity index (χ3n) is 3.33. The molecule has 6 heteroatoms. The number of morpholine rings is 1. The molecule has 1 aliphatic heterocycles. The van der Waals surface area contributed by atoms with E-state index in [0.717, 1.165) is 5.56 Å². The highest BCUT2D eigenvalue weighted by molar-refractivity contribution is 5.93. The van der Waals surface area contributed by atoms with Crippen molar-refractivity contribution in [1.29, 1.82) is 0 Å². The number of benzene rings is 1. The van der Waals surface area contributed by atoms with Crippen molar-refractivity contribution in [2.24, 2.45) is 0 Å². The van der Waals surface area contributed by atoms with E-state index in [-0.39, 0.29) is 30.3 Å². The predicted octanol–water partition coefficient (Wildman–Crippen LogP) is 1.71. The van der Waals surface area contributed by atoms with E-state index in [4.69, 9.17) is 4.74 Å². The number of aryl methyl sites for hydroxylation is 1. The molecule has 0 spiro atoms. The van der Waals surface area contributed by atoms with Gasteiger partial charge in [0.15, 0.2) is 0 Å². The molecule has 0 saturated carbocycles. The van der Waals surface area contributed by atoms with E-state index in [1.165, 1.54) is 6.07 Å². The molecule has 1 aromatic rings. The zero-order valence-electron chi connectivity index (χ0n) is 12.0. The Hall–Kier alpha value is -1.95. The first-order valence-corrected chi connectivity index (χ1v) is 6.98. The van der Waals surface area contributed by atoms with E-state index >= 15 is 0 Å². The standard InChI is InChI=1S/C15H19FN2O3/c1-11-2-3-12(16)13(10-11)17-14(19)4-5-15(20)18-6-8-21-9-7-18/h2-3,10H,4-9H2,1H3,(H,17,19). The fourth-order valence-electron chi connectivity index (χ4n) is 2.14. The van der Waals surface area contributed by atoms with Crippen molar-refractivity contribution in [2.75, 3.05) is 31.6 Å². The molecular weight excluding hydrogens is 275 g/mol. The minimum Gasteiger partial charge on any atom is -0.378 e.